The maximum atomic E-state index is 13.9. The van der Waals surface area contributed by atoms with Crippen molar-refractivity contribution in [1.82, 2.24) is 4.90 Å². The van der Waals surface area contributed by atoms with Crippen LogP contribution in [0.4, 0.5) is 13.2 Å². The van der Waals surface area contributed by atoms with Crippen molar-refractivity contribution in [2.24, 2.45) is 11.7 Å². The number of carbonyl (C=O) groups excluding carboxylic acids is 1. The fraction of sp³-hybridized carbons (Fsp3) is 0.588. The van der Waals surface area contributed by atoms with E-state index in [-0.39, 0.29) is 30.0 Å². The van der Waals surface area contributed by atoms with Crippen LogP contribution in [0.15, 0.2) is 12.1 Å². The Morgan fingerprint density at radius 3 is 2.26 bits per heavy atom. The number of rotatable bonds is 5. The highest BCUT2D eigenvalue weighted by Gasteiger charge is 2.45. The number of piperidine rings is 1. The minimum Gasteiger partial charge on any atom is -0.336 e. The van der Waals surface area contributed by atoms with Crippen LogP contribution in [0.5, 0.6) is 0 Å². The zero-order valence-corrected chi connectivity index (χ0v) is 15.3. The molecule has 2 saturated heterocycles. The van der Waals surface area contributed by atoms with E-state index in [1.54, 1.807) is 0 Å². The summed E-state index contributed by atoms with van der Waals surface area (Å²) in [5.74, 6) is -4.89. The van der Waals surface area contributed by atoms with Crippen LogP contribution in [0.1, 0.15) is 31.2 Å². The summed E-state index contributed by atoms with van der Waals surface area (Å²) >= 11 is 0. The average Bonchev–Trinajstić information content (AvgIpc) is 2.81. The third-order valence-corrected chi connectivity index (χ3v) is 6.13. The van der Waals surface area contributed by atoms with Gasteiger partial charge in [0.05, 0.1) is 0 Å². The lowest BCUT2D eigenvalue weighted by molar-refractivity contribution is -0.133. The average molecular weight is 406 g/mol. The second-order valence-electron chi connectivity index (χ2n) is 7.37. The standard InChI is InChI=1S/C17H21F3N2O4S/c18-13-7-15(20)14(19)5-9(13)6-16(21)10-3-11-1-2-12(4-10)22(11)17(23)8-27(24,25)26/h5,7,10-12,16H,1-4,6,8,21H2,(H,24,25,26)/t10?,11?,12?,16-/m1/s1. The second kappa shape index (κ2) is 7.40. The third kappa shape index (κ3) is 4.44. The van der Waals surface area contributed by atoms with Gasteiger partial charge in [-0.3, -0.25) is 9.35 Å². The van der Waals surface area contributed by atoms with E-state index < -0.39 is 45.3 Å². The van der Waals surface area contributed by atoms with Gasteiger partial charge in [-0.15, -0.1) is 0 Å². The first-order valence-electron chi connectivity index (χ1n) is 8.70. The summed E-state index contributed by atoms with van der Waals surface area (Å²) in [7, 11) is -4.40. The van der Waals surface area contributed by atoms with Gasteiger partial charge in [0, 0.05) is 24.2 Å². The molecule has 10 heteroatoms. The van der Waals surface area contributed by atoms with Crippen LogP contribution in [-0.2, 0) is 21.3 Å². The summed E-state index contributed by atoms with van der Waals surface area (Å²) in [6.45, 7) is 0. The number of amides is 1. The summed E-state index contributed by atoms with van der Waals surface area (Å²) in [4.78, 5) is 13.7. The van der Waals surface area contributed by atoms with Gasteiger partial charge < -0.3 is 10.6 Å². The second-order valence-corrected chi connectivity index (χ2v) is 8.82. The van der Waals surface area contributed by atoms with E-state index in [1.165, 1.54) is 4.90 Å². The van der Waals surface area contributed by atoms with Crippen molar-refractivity contribution in [3.8, 4) is 0 Å². The van der Waals surface area contributed by atoms with Gasteiger partial charge in [0.15, 0.2) is 17.4 Å². The molecule has 2 bridgehead atoms. The van der Waals surface area contributed by atoms with Crippen molar-refractivity contribution in [3.05, 3.63) is 35.1 Å². The van der Waals surface area contributed by atoms with Crippen molar-refractivity contribution < 1.29 is 30.9 Å². The Hall–Kier alpha value is -1.65. The van der Waals surface area contributed by atoms with E-state index in [9.17, 15) is 26.4 Å². The smallest absolute Gasteiger partial charge is 0.274 e. The van der Waals surface area contributed by atoms with E-state index in [4.69, 9.17) is 10.3 Å². The molecule has 2 unspecified atom stereocenters. The van der Waals surface area contributed by atoms with E-state index in [1.807, 2.05) is 0 Å². The predicted octanol–water partition coefficient (Wildman–Crippen LogP) is 1.63. The minimum absolute atomic E-state index is 0.00127. The van der Waals surface area contributed by atoms with Crippen molar-refractivity contribution in [2.75, 3.05) is 5.75 Å². The van der Waals surface area contributed by atoms with Crippen LogP contribution >= 0.6 is 0 Å². The Kier molecular flexibility index (Phi) is 5.51. The summed E-state index contributed by atoms with van der Waals surface area (Å²) in [6.07, 6.45) is 2.46. The molecule has 2 aliphatic rings. The van der Waals surface area contributed by atoms with Crippen molar-refractivity contribution in [3.63, 3.8) is 0 Å². The summed E-state index contributed by atoms with van der Waals surface area (Å²) in [5.41, 5.74) is 6.19. The minimum atomic E-state index is -4.40. The normalized spacial score (nSPS) is 26.3. The maximum absolute atomic E-state index is 13.9. The van der Waals surface area contributed by atoms with E-state index in [0.29, 0.717) is 31.7 Å². The Bertz CT molecular complexity index is 835. The molecule has 0 saturated carbocycles. The Labute approximate surface area is 155 Å². The molecule has 1 amide bonds. The van der Waals surface area contributed by atoms with Crippen LogP contribution in [-0.4, -0.2) is 47.7 Å². The molecule has 3 N–H and O–H groups in total. The number of fused-ring (bicyclic) bond motifs is 2. The highest BCUT2D eigenvalue weighted by Crippen LogP contribution is 2.40. The van der Waals surface area contributed by atoms with Gasteiger partial charge in [0.25, 0.3) is 10.1 Å². The summed E-state index contributed by atoms with van der Waals surface area (Å²) in [6, 6.07) is 0.417. The van der Waals surface area contributed by atoms with Crippen LogP contribution < -0.4 is 5.73 Å². The molecule has 0 aliphatic carbocycles. The summed E-state index contributed by atoms with van der Waals surface area (Å²) in [5, 5.41) is 0. The first kappa shape index (κ1) is 20.1. The van der Waals surface area contributed by atoms with Gasteiger partial charge in [-0.1, -0.05) is 0 Å². The molecule has 1 aromatic rings. The number of carbonyl (C=O) groups is 1. The molecular formula is C17H21F3N2O4S. The van der Waals surface area contributed by atoms with Crippen molar-refractivity contribution in [2.45, 2.75) is 50.2 Å². The van der Waals surface area contributed by atoms with Gasteiger partial charge in [-0.05, 0) is 49.7 Å². The SMILES string of the molecule is N[C@H](Cc1cc(F)c(F)cc1F)C1CC2CCC(C1)N2C(=O)CS(=O)(=O)O. The van der Waals surface area contributed by atoms with E-state index >= 15 is 0 Å². The van der Waals surface area contributed by atoms with Crippen LogP contribution in [0, 0.1) is 23.4 Å². The number of hydrogen-bond acceptors (Lipinski definition) is 4. The Balaban J connectivity index is 1.67. The lowest BCUT2D eigenvalue weighted by atomic mass is 9.82. The maximum Gasteiger partial charge on any atom is 0.274 e. The molecule has 2 heterocycles. The molecule has 27 heavy (non-hydrogen) atoms. The number of benzene rings is 1. The number of hydrogen-bond donors (Lipinski definition) is 2. The number of nitrogens with two attached hydrogens (primary N) is 1. The first-order chi connectivity index (χ1) is 12.5. The molecule has 1 aromatic carbocycles. The lowest BCUT2D eigenvalue weighted by Crippen LogP contribution is -2.51. The topological polar surface area (TPSA) is 101 Å². The van der Waals surface area contributed by atoms with Crippen LogP contribution in [0.3, 0.4) is 0 Å². The van der Waals surface area contributed by atoms with Gasteiger partial charge in [-0.25, -0.2) is 13.2 Å². The van der Waals surface area contributed by atoms with Gasteiger partial charge in [0.1, 0.15) is 5.82 Å². The molecule has 2 fully saturated rings. The zero-order chi connectivity index (χ0) is 19.9. The van der Waals surface area contributed by atoms with Gasteiger partial charge in [-0.2, -0.15) is 8.42 Å². The zero-order valence-electron chi connectivity index (χ0n) is 14.4. The van der Waals surface area contributed by atoms with E-state index in [0.717, 1.165) is 6.07 Å². The predicted molar refractivity (Wildman–Crippen MR) is 90.8 cm³/mol. The van der Waals surface area contributed by atoms with Crippen LogP contribution in [0.25, 0.3) is 0 Å². The highest BCUT2D eigenvalue weighted by atomic mass is 32.2. The van der Waals surface area contributed by atoms with Gasteiger partial charge >= 0.3 is 0 Å². The van der Waals surface area contributed by atoms with Crippen molar-refractivity contribution >= 4 is 16.0 Å². The molecule has 0 spiro atoms. The lowest BCUT2D eigenvalue weighted by Gasteiger charge is -2.41. The monoisotopic (exact) mass is 406 g/mol. The molecule has 3 rings (SSSR count). The molecule has 2 aliphatic heterocycles. The largest absolute Gasteiger partial charge is 0.336 e. The van der Waals surface area contributed by atoms with E-state index in [2.05, 4.69) is 0 Å². The molecule has 3 atom stereocenters. The summed E-state index contributed by atoms with van der Waals surface area (Å²) < 4.78 is 71.1. The molecular weight excluding hydrogens is 385 g/mol. The Morgan fingerprint density at radius 1 is 1.15 bits per heavy atom. The third-order valence-electron chi connectivity index (χ3n) is 5.51. The van der Waals surface area contributed by atoms with Gasteiger partial charge in [0.2, 0.25) is 5.91 Å². The number of halogens is 3. The quantitative estimate of drug-likeness (QED) is 0.572. The molecule has 0 radical (unpaired) electrons. The molecule has 0 aromatic heterocycles. The first-order valence-corrected chi connectivity index (χ1v) is 10.3. The molecule has 150 valence electrons. The number of nitrogens with zero attached hydrogens (tertiary/aromatic N) is 1. The van der Waals surface area contributed by atoms with Crippen molar-refractivity contribution in [1.29, 1.82) is 0 Å². The fourth-order valence-corrected chi connectivity index (χ4v) is 4.81. The highest BCUT2D eigenvalue weighted by molar-refractivity contribution is 7.86. The van der Waals surface area contributed by atoms with Crippen LogP contribution in [0.2, 0.25) is 0 Å². The fourth-order valence-electron chi connectivity index (χ4n) is 4.35. The Morgan fingerprint density at radius 2 is 1.70 bits per heavy atom. The molecule has 6 nitrogen and oxygen atoms in total.